The Hall–Kier alpha value is -3.20. The van der Waals surface area contributed by atoms with E-state index in [2.05, 4.69) is 11.1 Å². The zero-order valence-electron chi connectivity index (χ0n) is 11.1. The van der Waals surface area contributed by atoms with Crippen LogP contribution in [0.5, 0.6) is 0 Å². The number of hydrogen-bond acceptors (Lipinski definition) is 4. The Balaban J connectivity index is 2.38. The van der Waals surface area contributed by atoms with Crippen LogP contribution in [-0.2, 0) is 0 Å². The van der Waals surface area contributed by atoms with Gasteiger partial charge >= 0.3 is 5.69 Å². The van der Waals surface area contributed by atoms with Crippen molar-refractivity contribution in [3.05, 3.63) is 64.1 Å². The fourth-order valence-electron chi connectivity index (χ4n) is 2.43. The fourth-order valence-corrected chi connectivity index (χ4v) is 2.43. The predicted octanol–water partition coefficient (Wildman–Crippen LogP) is 3.09. The van der Waals surface area contributed by atoms with Crippen molar-refractivity contribution in [2.45, 2.75) is 6.92 Å². The third-order valence-electron chi connectivity index (χ3n) is 3.39. The van der Waals surface area contributed by atoms with Crippen LogP contribution in [-0.4, -0.2) is 14.3 Å². The summed E-state index contributed by atoms with van der Waals surface area (Å²) in [6.07, 6.45) is 2.56. The first-order chi connectivity index (χ1) is 10.1. The van der Waals surface area contributed by atoms with E-state index in [1.165, 1.54) is 12.4 Å². The molecule has 0 unspecified atom stereocenters. The molecule has 102 valence electrons. The van der Waals surface area contributed by atoms with Crippen LogP contribution in [0.4, 0.5) is 5.69 Å². The van der Waals surface area contributed by atoms with Crippen LogP contribution in [0.25, 0.3) is 16.8 Å². The van der Waals surface area contributed by atoms with Gasteiger partial charge in [-0.25, -0.2) is 4.98 Å². The topological polar surface area (TPSA) is 84.2 Å². The molecule has 6 nitrogen and oxygen atoms in total. The lowest BCUT2D eigenvalue weighted by atomic mass is 10.0. The van der Waals surface area contributed by atoms with E-state index in [9.17, 15) is 15.4 Å². The van der Waals surface area contributed by atoms with Gasteiger partial charge in [-0.05, 0) is 12.5 Å². The van der Waals surface area contributed by atoms with E-state index >= 15 is 0 Å². The summed E-state index contributed by atoms with van der Waals surface area (Å²) >= 11 is 0. The van der Waals surface area contributed by atoms with Crippen molar-refractivity contribution in [3.63, 3.8) is 0 Å². The molecule has 21 heavy (non-hydrogen) atoms. The average molecular weight is 278 g/mol. The molecule has 0 saturated heterocycles. The first-order valence-electron chi connectivity index (χ1n) is 6.24. The summed E-state index contributed by atoms with van der Waals surface area (Å²) in [5.74, 6) is 0. The standard InChI is InChI=1S/C15H10N4O2/c1-10-14(11-5-3-2-4-6-11)13(7-16)15-17-8-12(19(20)21)9-18(10)15/h2-6,8-9H,1H3. The predicted molar refractivity (Wildman–Crippen MR) is 76.7 cm³/mol. The summed E-state index contributed by atoms with van der Waals surface area (Å²) in [7, 11) is 0. The second-order valence-corrected chi connectivity index (χ2v) is 4.58. The highest BCUT2D eigenvalue weighted by molar-refractivity contribution is 5.81. The molecule has 0 aliphatic carbocycles. The van der Waals surface area contributed by atoms with Gasteiger partial charge in [0.2, 0.25) is 0 Å². The molecule has 2 aromatic heterocycles. The Morgan fingerprint density at radius 3 is 2.67 bits per heavy atom. The number of fused-ring (bicyclic) bond motifs is 1. The number of nitrogens with zero attached hydrogens (tertiary/aromatic N) is 4. The van der Waals surface area contributed by atoms with E-state index in [0.29, 0.717) is 11.2 Å². The van der Waals surface area contributed by atoms with Crippen molar-refractivity contribution >= 4 is 11.3 Å². The zero-order chi connectivity index (χ0) is 15.0. The van der Waals surface area contributed by atoms with Gasteiger partial charge in [0.05, 0.1) is 11.1 Å². The van der Waals surface area contributed by atoms with Crippen LogP contribution >= 0.6 is 0 Å². The van der Waals surface area contributed by atoms with Crippen molar-refractivity contribution in [2.24, 2.45) is 0 Å². The van der Waals surface area contributed by atoms with E-state index in [-0.39, 0.29) is 5.69 Å². The quantitative estimate of drug-likeness (QED) is 0.532. The highest BCUT2D eigenvalue weighted by atomic mass is 16.6. The maximum Gasteiger partial charge on any atom is 0.304 e. The summed E-state index contributed by atoms with van der Waals surface area (Å²) < 4.78 is 1.60. The smallest absolute Gasteiger partial charge is 0.297 e. The van der Waals surface area contributed by atoms with Gasteiger partial charge in [0.1, 0.15) is 17.8 Å². The molecule has 2 heterocycles. The molecule has 0 saturated carbocycles. The summed E-state index contributed by atoms with van der Waals surface area (Å²) in [5, 5.41) is 20.3. The number of aromatic nitrogens is 2. The molecule has 0 N–H and O–H groups in total. The van der Waals surface area contributed by atoms with Crippen molar-refractivity contribution in [3.8, 4) is 17.2 Å². The lowest BCUT2D eigenvalue weighted by Gasteiger charge is -2.01. The van der Waals surface area contributed by atoms with Gasteiger partial charge in [-0.3, -0.25) is 14.5 Å². The summed E-state index contributed by atoms with van der Waals surface area (Å²) in [6.45, 7) is 1.82. The maximum atomic E-state index is 10.9. The molecule has 0 spiro atoms. The fraction of sp³-hybridized carbons (Fsp3) is 0.0667. The second-order valence-electron chi connectivity index (χ2n) is 4.58. The lowest BCUT2D eigenvalue weighted by molar-refractivity contribution is -0.385. The largest absolute Gasteiger partial charge is 0.304 e. The first-order valence-corrected chi connectivity index (χ1v) is 6.24. The number of hydrogen-bond donors (Lipinski definition) is 0. The Labute approximate surface area is 120 Å². The number of aryl methyl sites for hydroxylation is 1. The van der Waals surface area contributed by atoms with Gasteiger partial charge in [0.15, 0.2) is 5.65 Å². The Morgan fingerprint density at radius 1 is 1.33 bits per heavy atom. The summed E-state index contributed by atoms with van der Waals surface area (Å²) in [6, 6.07) is 11.6. The number of nitriles is 1. The van der Waals surface area contributed by atoms with Gasteiger partial charge < -0.3 is 0 Å². The number of nitro groups is 1. The van der Waals surface area contributed by atoms with Gasteiger partial charge in [-0.1, -0.05) is 30.3 Å². The zero-order valence-corrected chi connectivity index (χ0v) is 11.1. The van der Waals surface area contributed by atoms with Crippen molar-refractivity contribution in [2.75, 3.05) is 0 Å². The molecule has 0 bridgehead atoms. The third-order valence-corrected chi connectivity index (χ3v) is 3.39. The molecule has 3 rings (SSSR count). The van der Waals surface area contributed by atoms with E-state index in [0.717, 1.165) is 16.8 Å². The molecule has 1 aromatic carbocycles. The van der Waals surface area contributed by atoms with Crippen molar-refractivity contribution < 1.29 is 4.92 Å². The van der Waals surface area contributed by atoms with Crippen LogP contribution in [0, 0.1) is 28.4 Å². The van der Waals surface area contributed by atoms with E-state index in [1.54, 1.807) is 4.40 Å². The molecular weight excluding hydrogens is 268 g/mol. The molecule has 0 aliphatic heterocycles. The minimum absolute atomic E-state index is 0.107. The maximum absolute atomic E-state index is 10.9. The molecule has 0 amide bonds. The molecular formula is C15H10N4O2. The molecule has 0 radical (unpaired) electrons. The lowest BCUT2D eigenvalue weighted by Crippen LogP contribution is -1.95. The third kappa shape index (κ3) is 1.92. The van der Waals surface area contributed by atoms with Crippen LogP contribution in [0.1, 0.15) is 11.3 Å². The molecule has 3 aromatic rings. The minimum Gasteiger partial charge on any atom is -0.297 e. The number of rotatable bonds is 2. The average Bonchev–Trinajstić information content (AvgIpc) is 2.80. The van der Waals surface area contributed by atoms with Crippen LogP contribution in [0.3, 0.4) is 0 Å². The number of benzene rings is 1. The Morgan fingerprint density at radius 2 is 2.05 bits per heavy atom. The molecule has 6 heteroatoms. The summed E-state index contributed by atoms with van der Waals surface area (Å²) in [4.78, 5) is 14.5. The van der Waals surface area contributed by atoms with Crippen molar-refractivity contribution in [1.29, 1.82) is 5.26 Å². The molecule has 0 fully saturated rings. The Kier molecular flexibility index (Phi) is 2.88. The van der Waals surface area contributed by atoms with E-state index < -0.39 is 4.92 Å². The van der Waals surface area contributed by atoms with Gasteiger partial charge in [-0.2, -0.15) is 5.26 Å². The first kappa shape index (κ1) is 12.8. The second kappa shape index (κ2) is 4.72. The van der Waals surface area contributed by atoms with Crippen LogP contribution < -0.4 is 0 Å². The van der Waals surface area contributed by atoms with E-state index in [1.807, 2.05) is 37.3 Å². The van der Waals surface area contributed by atoms with E-state index in [4.69, 9.17) is 0 Å². The monoisotopic (exact) mass is 278 g/mol. The minimum atomic E-state index is -0.500. The highest BCUT2D eigenvalue weighted by Crippen LogP contribution is 2.32. The van der Waals surface area contributed by atoms with Gasteiger partial charge in [0.25, 0.3) is 0 Å². The summed E-state index contributed by atoms with van der Waals surface area (Å²) in [5.41, 5.74) is 3.15. The van der Waals surface area contributed by atoms with Gasteiger partial charge in [-0.15, -0.1) is 0 Å². The van der Waals surface area contributed by atoms with Gasteiger partial charge in [0, 0.05) is 11.3 Å². The Bertz CT molecular complexity index is 891. The van der Waals surface area contributed by atoms with Crippen LogP contribution in [0.15, 0.2) is 42.7 Å². The normalized spacial score (nSPS) is 10.5. The van der Waals surface area contributed by atoms with Crippen molar-refractivity contribution in [1.82, 2.24) is 9.38 Å². The molecule has 0 aliphatic rings. The van der Waals surface area contributed by atoms with Crippen LogP contribution in [0.2, 0.25) is 0 Å². The SMILES string of the molecule is Cc1c(-c2ccccc2)c(C#N)c2ncc([N+](=O)[O-])cn12. The highest BCUT2D eigenvalue weighted by Gasteiger charge is 2.20. The molecule has 0 atom stereocenters.